The Morgan fingerprint density at radius 2 is 2.12 bits per heavy atom. The third kappa shape index (κ3) is 5.81. The number of benzene rings is 1. The fraction of sp³-hybridized carbons (Fsp3) is 0.579. The van der Waals surface area contributed by atoms with Crippen LogP contribution in [0.3, 0.4) is 0 Å². The fourth-order valence-corrected chi connectivity index (χ4v) is 3.23. The van der Waals surface area contributed by atoms with Crippen LogP contribution in [-0.2, 0) is 16.0 Å². The highest BCUT2D eigenvalue weighted by molar-refractivity contribution is 5.78. The summed E-state index contributed by atoms with van der Waals surface area (Å²) in [5.74, 6) is -1.19. The van der Waals surface area contributed by atoms with Crippen LogP contribution in [0, 0.1) is 11.7 Å². The van der Waals surface area contributed by atoms with Crippen LogP contribution in [0.25, 0.3) is 0 Å². The summed E-state index contributed by atoms with van der Waals surface area (Å²) in [4.78, 5) is 25.0. The number of likely N-dealkylation sites (N-methyl/N-ethyl adjacent to an activating group) is 1. The zero-order chi connectivity index (χ0) is 18.4. The van der Waals surface area contributed by atoms with E-state index in [1.165, 1.54) is 12.1 Å². The van der Waals surface area contributed by atoms with Crippen LogP contribution in [-0.4, -0.2) is 47.1 Å². The Morgan fingerprint density at radius 1 is 1.40 bits per heavy atom. The van der Waals surface area contributed by atoms with Crippen molar-refractivity contribution < 1.29 is 19.1 Å². The SMILES string of the molecule is CCN(CC(=O)O)C1CC(NC(=O)C(C)CCc2cccc(F)c2)C1. The van der Waals surface area contributed by atoms with Gasteiger partial charge in [-0.2, -0.15) is 0 Å². The minimum atomic E-state index is -0.819. The van der Waals surface area contributed by atoms with Gasteiger partial charge in [0.05, 0.1) is 6.54 Å². The molecule has 0 bridgehead atoms. The van der Waals surface area contributed by atoms with Gasteiger partial charge in [0.2, 0.25) is 5.91 Å². The summed E-state index contributed by atoms with van der Waals surface area (Å²) in [5, 5.41) is 11.9. The molecule has 1 aromatic rings. The number of hydrogen-bond acceptors (Lipinski definition) is 3. The van der Waals surface area contributed by atoms with Crippen molar-refractivity contribution in [1.29, 1.82) is 0 Å². The molecule has 2 rings (SSSR count). The van der Waals surface area contributed by atoms with Crippen molar-refractivity contribution in [3.63, 3.8) is 0 Å². The molecule has 5 nitrogen and oxygen atoms in total. The summed E-state index contributed by atoms with van der Waals surface area (Å²) in [7, 11) is 0. The predicted molar refractivity (Wildman–Crippen MR) is 93.7 cm³/mol. The first-order chi connectivity index (χ1) is 11.9. The molecule has 1 amide bonds. The molecule has 1 atom stereocenters. The molecule has 0 aliphatic heterocycles. The number of amides is 1. The monoisotopic (exact) mass is 350 g/mol. The summed E-state index contributed by atoms with van der Waals surface area (Å²) >= 11 is 0. The topological polar surface area (TPSA) is 69.6 Å². The Hall–Kier alpha value is -1.95. The lowest BCUT2D eigenvalue weighted by atomic mass is 9.85. The highest BCUT2D eigenvalue weighted by Crippen LogP contribution is 2.26. The van der Waals surface area contributed by atoms with Crippen LogP contribution in [0.4, 0.5) is 4.39 Å². The van der Waals surface area contributed by atoms with E-state index in [0.29, 0.717) is 19.4 Å². The molecule has 25 heavy (non-hydrogen) atoms. The maximum atomic E-state index is 13.2. The van der Waals surface area contributed by atoms with Crippen molar-refractivity contribution in [2.75, 3.05) is 13.1 Å². The van der Waals surface area contributed by atoms with Gasteiger partial charge < -0.3 is 10.4 Å². The van der Waals surface area contributed by atoms with Gasteiger partial charge in [0, 0.05) is 18.0 Å². The number of carbonyl (C=O) groups is 2. The van der Waals surface area contributed by atoms with E-state index in [4.69, 9.17) is 5.11 Å². The Morgan fingerprint density at radius 3 is 2.72 bits per heavy atom. The lowest BCUT2D eigenvalue weighted by Gasteiger charge is -2.42. The first kappa shape index (κ1) is 19.4. The Bertz CT molecular complexity index is 602. The van der Waals surface area contributed by atoms with E-state index in [2.05, 4.69) is 5.32 Å². The highest BCUT2D eigenvalue weighted by Gasteiger charge is 2.35. The normalized spacial score (nSPS) is 20.8. The molecule has 1 fully saturated rings. The quantitative estimate of drug-likeness (QED) is 0.718. The molecule has 0 radical (unpaired) electrons. The minimum Gasteiger partial charge on any atom is -0.480 e. The maximum Gasteiger partial charge on any atom is 0.317 e. The second-order valence-corrected chi connectivity index (χ2v) is 6.86. The van der Waals surface area contributed by atoms with Crippen LogP contribution in [0.1, 0.15) is 38.7 Å². The van der Waals surface area contributed by atoms with Gasteiger partial charge in [-0.05, 0) is 49.9 Å². The molecule has 0 aromatic heterocycles. The lowest BCUT2D eigenvalue weighted by Crippen LogP contribution is -2.55. The summed E-state index contributed by atoms with van der Waals surface area (Å²) in [6, 6.07) is 6.82. The van der Waals surface area contributed by atoms with Crippen LogP contribution >= 0.6 is 0 Å². The number of nitrogens with zero attached hydrogens (tertiary/aromatic N) is 1. The van der Waals surface area contributed by atoms with E-state index in [1.54, 1.807) is 6.07 Å². The molecular weight excluding hydrogens is 323 g/mol. The number of aryl methyl sites for hydroxylation is 1. The largest absolute Gasteiger partial charge is 0.480 e. The lowest BCUT2D eigenvalue weighted by molar-refractivity contribution is -0.140. The number of aliphatic carboxylic acids is 1. The Labute approximate surface area is 148 Å². The molecule has 0 saturated heterocycles. The van der Waals surface area contributed by atoms with Gasteiger partial charge in [0.15, 0.2) is 0 Å². The molecule has 1 saturated carbocycles. The van der Waals surface area contributed by atoms with Crippen LogP contribution in [0.2, 0.25) is 0 Å². The molecule has 1 unspecified atom stereocenters. The first-order valence-electron chi connectivity index (χ1n) is 8.89. The van der Waals surface area contributed by atoms with Crippen molar-refractivity contribution in [3.05, 3.63) is 35.6 Å². The summed E-state index contributed by atoms with van der Waals surface area (Å²) in [5.41, 5.74) is 0.899. The van der Waals surface area contributed by atoms with Gasteiger partial charge in [-0.25, -0.2) is 4.39 Å². The standard InChI is InChI=1S/C19H27FN2O3/c1-3-22(12-18(23)24)17-10-16(11-17)21-19(25)13(2)7-8-14-5-4-6-15(20)9-14/h4-6,9,13,16-17H,3,7-8,10-12H2,1-2H3,(H,21,25)(H,23,24). The highest BCUT2D eigenvalue weighted by atomic mass is 19.1. The number of rotatable bonds is 9. The molecule has 138 valence electrons. The molecule has 0 heterocycles. The van der Waals surface area contributed by atoms with Gasteiger partial charge in [0.1, 0.15) is 5.82 Å². The second kappa shape index (κ2) is 8.94. The fourth-order valence-electron chi connectivity index (χ4n) is 3.23. The average Bonchev–Trinajstić information content (AvgIpc) is 2.53. The van der Waals surface area contributed by atoms with Crippen molar-refractivity contribution in [2.45, 2.75) is 51.6 Å². The number of halogens is 1. The van der Waals surface area contributed by atoms with Crippen LogP contribution < -0.4 is 5.32 Å². The molecule has 1 aliphatic rings. The molecule has 2 N–H and O–H groups in total. The van der Waals surface area contributed by atoms with Gasteiger partial charge in [-0.1, -0.05) is 26.0 Å². The van der Waals surface area contributed by atoms with E-state index >= 15 is 0 Å². The van der Waals surface area contributed by atoms with Crippen molar-refractivity contribution in [3.8, 4) is 0 Å². The van der Waals surface area contributed by atoms with Crippen LogP contribution in [0.5, 0.6) is 0 Å². The first-order valence-corrected chi connectivity index (χ1v) is 8.89. The van der Waals surface area contributed by atoms with Gasteiger partial charge in [-0.3, -0.25) is 14.5 Å². The smallest absolute Gasteiger partial charge is 0.317 e. The van der Waals surface area contributed by atoms with E-state index < -0.39 is 5.97 Å². The minimum absolute atomic E-state index is 0.0149. The van der Waals surface area contributed by atoms with Crippen molar-refractivity contribution >= 4 is 11.9 Å². The summed E-state index contributed by atoms with van der Waals surface area (Å²) in [6.45, 7) is 4.57. The average molecular weight is 350 g/mol. The number of hydrogen-bond donors (Lipinski definition) is 2. The second-order valence-electron chi connectivity index (χ2n) is 6.86. The number of carboxylic acid groups (broad SMARTS) is 1. The summed E-state index contributed by atoms with van der Waals surface area (Å²) in [6.07, 6.45) is 2.93. The van der Waals surface area contributed by atoms with E-state index in [0.717, 1.165) is 18.4 Å². The van der Waals surface area contributed by atoms with Crippen LogP contribution in [0.15, 0.2) is 24.3 Å². The Balaban J connectivity index is 1.71. The molecule has 0 spiro atoms. The zero-order valence-corrected chi connectivity index (χ0v) is 14.9. The van der Waals surface area contributed by atoms with Crippen molar-refractivity contribution in [2.24, 2.45) is 5.92 Å². The zero-order valence-electron chi connectivity index (χ0n) is 14.9. The Kier molecular flexibility index (Phi) is 6.93. The molecule has 6 heteroatoms. The van der Waals surface area contributed by atoms with Gasteiger partial charge in [0.25, 0.3) is 0 Å². The van der Waals surface area contributed by atoms with Gasteiger partial charge >= 0.3 is 5.97 Å². The maximum absolute atomic E-state index is 13.2. The molecule has 1 aliphatic carbocycles. The van der Waals surface area contributed by atoms with Gasteiger partial charge in [-0.15, -0.1) is 0 Å². The van der Waals surface area contributed by atoms with E-state index in [1.807, 2.05) is 24.8 Å². The molecular formula is C19H27FN2O3. The third-order valence-corrected chi connectivity index (χ3v) is 4.92. The third-order valence-electron chi connectivity index (χ3n) is 4.92. The number of carbonyl (C=O) groups excluding carboxylic acids is 1. The number of nitrogens with one attached hydrogen (secondary N) is 1. The molecule has 1 aromatic carbocycles. The van der Waals surface area contributed by atoms with E-state index in [-0.39, 0.29) is 36.3 Å². The number of carboxylic acids is 1. The van der Waals surface area contributed by atoms with Crippen molar-refractivity contribution in [1.82, 2.24) is 10.2 Å². The summed E-state index contributed by atoms with van der Waals surface area (Å²) < 4.78 is 13.2. The predicted octanol–water partition coefficient (Wildman–Crippen LogP) is 2.45. The van der Waals surface area contributed by atoms with E-state index in [9.17, 15) is 14.0 Å².